The number of hydrogen-bond donors (Lipinski definition) is 2. The minimum atomic E-state index is 0.482. The molecule has 0 saturated carbocycles. The van der Waals surface area contributed by atoms with Crippen LogP contribution in [0.1, 0.15) is 0 Å². The molecule has 0 spiro atoms. The quantitative estimate of drug-likeness (QED) is 0.606. The average Bonchev–Trinajstić information content (AvgIpc) is 2.19. The van der Waals surface area contributed by atoms with Crippen molar-refractivity contribution in [2.75, 3.05) is 36.8 Å². The molecule has 3 N–H and O–H groups in total. The predicted molar refractivity (Wildman–Crippen MR) is 51.5 cm³/mol. The third kappa shape index (κ3) is 1.86. The van der Waals surface area contributed by atoms with E-state index in [4.69, 9.17) is 5.73 Å². The number of nitrogens with two attached hydrogens (primary N) is 1. The monoisotopic (exact) mass is 179 g/mol. The number of piperazine rings is 1. The fourth-order valence-corrected chi connectivity index (χ4v) is 1.42. The Bertz CT molecular complexity index is 282. The Hall–Kier alpha value is -1.36. The number of nitrogens with one attached hydrogen (secondary N) is 1. The smallest absolute Gasteiger partial charge is 0.149 e. The fraction of sp³-hybridized carbons (Fsp3) is 0.500. The Balaban J connectivity index is 2.14. The lowest BCUT2D eigenvalue weighted by molar-refractivity contribution is 0.584. The van der Waals surface area contributed by atoms with Gasteiger partial charge in [0.25, 0.3) is 0 Å². The van der Waals surface area contributed by atoms with Gasteiger partial charge in [0.05, 0.1) is 12.4 Å². The lowest BCUT2D eigenvalue weighted by atomic mass is 10.3. The zero-order valence-corrected chi connectivity index (χ0v) is 7.40. The van der Waals surface area contributed by atoms with Crippen molar-refractivity contribution in [2.24, 2.45) is 0 Å². The molecule has 1 aliphatic rings. The van der Waals surface area contributed by atoms with Crippen molar-refractivity contribution in [3.8, 4) is 0 Å². The van der Waals surface area contributed by atoms with Gasteiger partial charge in [-0.1, -0.05) is 0 Å². The van der Waals surface area contributed by atoms with E-state index in [0.29, 0.717) is 5.82 Å². The van der Waals surface area contributed by atoms with Crippen LogP contribution in [0, 0.1) is 0 Å². The number of rotatable bonds is 1. The summed E-state index contributed by atoms with van der Waals surface area (Å²) < 4.78 is 0. The van der Waals surface area contributed by atoms with Gasteiger partial charge in [-0.2, -0.15) is 0 Å². The summed E-state index contributed by atoms with van der Waals surface area (Å²) in [5, 5.41) is 3.28. The van der Waals surface area contributed by atoms with Crippen LogP contribution < -0.4 is 16.0 Å². The van der Waals surface area contributed by atoms with Crippen molar-refractivity contribution in [1.82, 2.24) is 15.3 Å². The van der Waals surface area contributed by atoms with Crippen LogP contribution in [0.5, 0.6) is 0 Å². The summed E-state index contributed by atoms with van der Waals surface area (Å²) in [4.78, 5) is 10.4. The van der Waals surface area contributed by atoms with E-state index in [9.17, 15) is 0 Å². The van der Waals surface area contributed by atoms with Crippen molar-refractivity contribution >= 4 is 11.6 Å². The zero-order valence-electron chi connectivity index (χ0n) is 7.40. The Labute approximate surface area is 77.0 Å². The second kappa shape index (κ2) is 3.57. The van der Waals surface area contributed by atoms with Gasteiger partial charge in [-0.05, 0) is 0 Å². The van der Waals surface area contributed by atoms with Gasteiger partial charge in [0, 0.05) is 26.2 Å². The lowest BCUT2D eigenvalue weighted by Crippen LogP contribution is -2.43. The molecule has 0 aliphatic carbocycles. The van der Waals surface area contributed by atoms with Gasteiger partial charge in [0.15, 0.2) is 0 Å². The van der Waals surface area contributed by atoms with Crippen LogP contribution in [-0.2, 0) is 0 Å². The van der Waals surface area contributed by atoms with Crippen LogP contribution >= 0.6 is 0 Å². The van der Waals surface area contributed by atoms with Crippen LogP contribution in [0.3, 0.4) is 0 Å². The number of nitrogen functional groups attached to an aromatic ring is 1. The minimum absolute atomic E-state index is 0.482. The molecule has 0 bridgehead atoms. The summed E-state index contributed by atoms with van der Waals surface area (Å²) in [6, 6.07) is 0. The molecule has 1 aromatic rings. The van der Waals surface area contributed by atoms with E-state index in [1.807, 2.05) is 0 Å². The molecule has 1 fully saturated rings. The molecule has 0 unspecified atom stereocenters. The molecule has 13 heavy (non-hydrogen) atoms. The SMILES string of the molecule is Nc1cncc(N2CCNCC2)n1. The first-order valence-electron chi connectivity index (χ1n) is 4.39. The Morgan fingerprint density at radius 1 is 1.31 bits per heavy atom. The van der Waals surface area contributed by atoms with Crippen LogP contribution in [0.15, 0.2) is 12.4 Å². The molecular weight excluding hydrogens is 166 g/mol. The fourth-order valence-electron chi connectivity index (χ4n) is 1.42. The van der Waals surface area contributed by atoms with Crippen molar-refractivity contribution in [3.63, 3.8) is 0 Å². The third-order valence-electron chi connectivity index (χ3n) is 2.08. The Kier molecular flexibility index (Phi) is 2.27. The molecule has 0 aromatic carbocycles. The van der Waals surface area contributed by atoms with Crippen molar-refractivity contribution < 1.29 is 0 Å². The molecular formula is C8H13N5. The summed E-state index contributed by atoms with van der Waals surface area (Å²) in [5.74, 6) is 1.36. The standard InChI is InChI=1S/C8H13N5/c9-7-5-11-6-8(12-7)13-3-1-10-2-4-13/h5-6,10H,1-4H2,(H2,9,12). The van der Waals surface area contributed by atoms with Crippen molar-refractivity contribution in [3.05, 3.63) is 12.4 Å². The predicted octanol–water partition coefficient (Wildman–Crippen LogP) is -0.532. The molecule has 0 atom stereocenters. The van der Waals surface area contributed by atoms with Crippen LogP contribution in [0.25, 0.3) is 0 Å². The third-order valence-corrected chi connectivity index (χ3v) is 2.08. The molecule has 70 valence electrons. The minimum Gasteiger partial charge on any atom is -0.382 e. The first-order valence-corrected chi connectivity index (χ1v) is 4.39. The van der Waals surface area contributed by atoms with Crippen molar-refractivity contribution in [1.29, 1.82) is 0 Å². The number of hydrogen-bond acceptors (Lipinski definition) is 5. The zero-order chi connectivity index (χ0) is 9.10. The molecule has 0 radical (unpaired) electrons. The van der Waals surface area contributed by atoms with Gasteiger partial charge in [-0.3, -0.25) is 4.98 Å². The second-order valence-corrected chi connectivity index (χ2v) is 3.04. The average molecular weight is 179 g/mol. The van der Waals surface area contributed by atoms with Gasteiger partial charge in [-0.15, -0.1) is 0 Å². The molecule has 1 aliphatic heterocycles. The summed E-state index contributed by atoms with van der Waals surface area (Å²) >= 11 is 0. The second-order valence-electron chi connectivity index (χ2n) is 3.04. The van der Waals surface area contributed by atoms with Gasteiger partial charge in [0.1, 0.15) is 11.6 Å². The first-order chi connectivity index (χ1) is 6.36. The number of nitrogens with zero attached hydrogens (tertiary/aromatic N) is 3. The van der Waals surface area contributed by atoms with Gasteiger partial charge in [-0.25, -0.2) is 4.98 Å². The van der Waals surface area contributed by atoms with E-state index < -0.39 is 0 Å². The Morgan fingerprint density at radius 3 is 2.77 bits per heavy atom. The maximum absolute atomic E-state index is 5.55. The summed E-state index contributed by atoms with van der Waals surface area (Å²) in [6.07, 6.45) is 3.31. The van der Waals surface area contributed by atoms with Gasteiger partial charge in [0.2, 0.25) is 0 Å². The highest BCUT2D eigenvalue weighted by atomic mass is 15.2. The summed E-state index contributed by atoms with van der Waals surface area (Å²) in [6.45, 7) is 3.93. The highest BCUT2D eigenvalue weighted by Gasteiger charge is 2.11. The molecule has 1 aromatic heterocycles. The van der Waals surface area contributed by atoms with E-state index in [1.165, 1.54) is 0 Å². The maximum atomic E-state index is 5.55. The van der Waals surface area contributed by atoms with Crippen LogP contribution in [0.4, 0.5) is 11.6 Å². The number of anilines is 2. The molecule has 5 heteroatoms. The lowest BCUT2D eigenvalue weighted by Gasteiger charge is -2.27. The molecule has 2 rings (SSSR count). The van der Waals surface area contributed by atoms with Crippen LogP contribution in [-0.4, -0.2) is 36.1 Å². The Morgan fingerprint density at radius 2 is 2.08 bits per heavy atom. The first kappa shape index (κ1) is 8.25. The molecule has 0 amide bonds. The highest BCUT2D eigenvalue weighted by Crippen LogP contribution is 2.10. The van der Waals surface area contributed by atoms with E-state index in [1.54, 1.807) is 12.4 Å². The van der Waals surface area contributed by atoms with Gasteiger partial charge >= 0.3 is 0 Å². The van der Waals surface area contributed by atoms with E-state index in [-0.39, 0.29) is 0 Å². The van der Waals surface area contributed by atoms with Crippen LogP contribution in [0.2, 0.25) is 0 Å². The maximum Gasteiger partial charge on any atom is 0.149 e. The highest BCUT2D eigenvalue weighted by molar-refractivity contribution is 5.41. The largest absolute Gasteiger partial charge is 0.382 e. The van der Waals surface area contributed by atoms with E-state index in [2.05, 4.69) is 20.2 Å². The molecule has 2 heterocycles. The molecule has 5 nitrogen and oxygen atoms in total. The van der Waals surface area contributed by atoms with E-state index >= 15 is 0 Å². The van der Waals surface area contributed by atoms with Crippen molar-refractivity contribution in [2.45, 2.75) is 0 Å². The van der Waals surface area contributed by atoms with E-state index in [0.717, 1.165) is 32.0 Å². The topological polar surface area (TPSA) is 67.1 Å². The van der Waals surface area contributed by atoms with Gasteiger partial charge < -0.3 is 16.0 Å². The normalized spacial score (nSPS) is 17.4. The summed E-state index contributed by atoms with van der Waals surface area (Å²) in [5.41, 5.74) is 5.55. The number of aromatic nitrogens is 2. The summed E-state index contributed by atoms with van der Waals surface area (Å²) in [7, 11) is 0. The molecule has 1 saturated heterocycles.